The van der Waals surface area contributed by atoms with Gasteiger partial charge in [0.25, 0.3) is 0 Å². The van der Waals surface area contributed by atoms with E-state index in [1.54, 1.807) is 0 Å². The first-order chi connectivity index (χ1) is 27.0. The molecule has 0 radical (unpaired) electrons. The van der Waals surface area contributed by atoms with Crippen LogP contribution in [-0.2, 0) is 5.41 Å². The number of fused-ring (bicyclic) bond motifs is 8. The minimum atomic E-state index is -0.140. The van der Waals surface area contributed by atoms with E-state index in [9.17, 15) is 0 Å². The summed E-state index contributed by atoms with van der Waals surface area (Å²) in [4.78, 5) is 15.0. The highest BCUT2D eigenvalue weighted by atomic mass is 16.6. The fourth-order valence-corrected chi connectivity index (χ4v) is 8.33. The van der Waals surface area contributed by atoms with Crippen LogP contribution in [0.5, 0.6) is 23.0 Å². The molecule has 8 aromatic carbocycles. The Morgan fingerprint density at radius 1 is 0.382 bits per heavy atom. The second-order valence-electron chi connectivity index (χ2n) is 14.8. The lowest BCUT2D eigenvalue weighted by molar-refractivity contribution is 0.360. The predicted molar refractivity (Wildman–Crippen MR) is 221 cm³/mol. The number of aromatic nitrogens is 3. The molecule has 2 aliphatic rings. The van der Waals surface area contributed by atoms with Crippen LogP contribution in [0.1, 0.15) is 25.0 Å². The summed E-state index contributed by atoms with van der Waals surface area (Å²) in [5.41, 5.74) is 9.57. The largest absolute Gasteiger partial charge is 0.449 e. The highest BCUT2D eigenvalue weighted by Crippen LogP contribution is 2.56. The van der Waals surface area contributed by atoms with Gasteiger partial charge in [0, 0.05) is 27.7 Å². The van der Waals surface area contributed by atoms with Gasteiger partial charge in [-0.1, -0.05) is 153 Å². The Morgan fingerprint density at radius 3 is 1.84 bits per heavy atom. The number of ether oxygens (including phenoxy) is 2. The number of hydrogen-bond acceptors (Lipinski definition) is 5. The van der Waals surface area contributed by atoms with Crippen molar-refractivity contribution in [1.29, 1.82) is 0 Å². The molecular formula is C50H33N3O2. The molecule has 0 fully saturated rings. The summed E-state index contributed by atoms with van der Waals surface area (Å²) in [7, 11) is 0. The van der Waals surface area contributed by atoms with Crippen molar-refractivity contribution in [3.63, 3.8) is 0 Å². The molecule has 0 unspecified atom stereocenters. The molecule has 260 valence electrons. The van der Waals surface area contributed by atoms with Crippen molar-refractivity contribution in [1.82, 2.24) is 15.0 Å². The van der Waals surface area contributed by atoms with Crippen LogP contribution in [0.3, 0.4) is 0 Å². The first kappa shape index (κ1) is 31.4. The molecule has 0 bridgehead atoms. The van der Waals surface area contributed by atoms with Crippen molar-refractivity contribution >= 4 is 21.5 Å². The molecule has 55 heavy (non-hydrogen) atoms. The van der Waals surface area contributed by atoms with E-state index in [1.165, 1.54) is 38.4 Å². The van der Waals surface area contributed by atoms with Crippen molar-refractivity contribution in [2.75, 3.05) is 0 Å². The zero-order valence-electron chi connectivity index (χ0n) is 30.2. The van der Waals surface area contributed by atoms with E-state index in [1.807, 2.05) is 42.5 Å². The van der Waals surface area contributed by atoms with Crippen LogP contribution in [0, 0.1) is 0 Å². The van der Waals surface area contributed by atoms with Crippen LogP contribution >= 0.6 is 0 Å². The average molecular weight is 708 g/mol. The van der Waals surface area contributed by atoms with Gasteiger partial charge >= 0.3 is 0 Å². The van der Waals surface area contributed by atoms with Gasteiger partial charge in [0.2, 0.25) is 0 Å². The van der Waals surface area contributed by atoms with E-state index < -0.39 is 0 Å². The first-order valence-corrected chi connectivity index (χ1v) is 18.6. The molecule has 0 atom stereocenters. The third-order valence-electron chi connectivity index (χ3n) is 11.2. The van der Waals surface area contributed by atoms with Gasteiger partial charge in [0.1, 0.15) is 0 Å². The fraction of sp³-hybridized carbons (Fsp3) is 0.0600. The molecule has 0 amide bonds. The van der Waals surface area contributed by atoms with Gasteiger partial charge in [-0.2, -0.15) is 0 Å². The summed E-state index contributed by atoms with van der Waals surface area (Å²) < 4.78 is 13.3. The zero-order chi connectivity index (χ0) is 36.7. The van der Waals surface area contributed by atoms with Gasteiger partial charge in [0.15, 0.2) is 40.5 Å². The van der Waals surface area contributed by atoms with Gasteiger partial charge in [-0.05, 0) is 73.6 Å². The molecule has 1 aliphatic heterocycles. The fourth-order valence-electron chi connectivity index (χ4n) is 8.33. The Kier molecular flexibility index (Phi) is 6.83. The lowest BCUT2D eigenvalue weighted by Gasteiger charge is -2.26. The van der Waals surface area contributed by atoms with Crippen LogP contribution < -0.4 is 9.47 Å². The van der Waals surface area contributed by atoms with Crippen LogP contribution in [0.25, 0.3) is 78.0 Å². The van der Waals surface area contributed by atoms with Crippen molar-refractivity contribution in [2.24, 2.45) is 0 Å². The summed E-state index contributed by atoms with van der Waals surface area (Å²) in [6, 6.07) is 56.7. The molecule has 0 saturated carbocycles. The maximum Gasteiger partial charge on any atom is 0.177 e. The Hall–Kier alpha value is -7.11. The van der Waals surface area contributed by atoms with Crippen LogP contribution in [0.15, 0.2) is 164 Å². The maximum absolute atomic E-state index is 6.72. The summed E-state index contributed by atoms with van der Waals surface area (Å²) in [5.74, 6) is 4.71. The van der Waals surface area contributed by atoms with Crippen LogP contribution in [0.2, 0.25) is 0 Å². The van der Waals surface area contributed by atoms with E-state index in [4.69, 9.17) is 24.4 Å². The van der Waals surface area contributed by atoms with Crippen molar-refractivity contribution in [3.8, 4) is 79.4 Å². The van der Waals surface area contributed by atoms with E-state index in [0.29, 0.717) is 29.0 Å². The maximum atomic E-state index is 6.72. The summed E-state index contributed by atoms with van der Waals surface area (Å²) in [6.45, 7) is 4.55. The van der Waals surface area contributed by atoms with Crippen LogP contribution in [0.4, 0.5) is 0 Å². The Bertz CT molecular complexity index is 3010. The van der Waals surface area contributed by atoms with E-state index in [0.717, 1.165) is 44.7 Å². The summed E-state index contributed by atoms with van der Waals surface area (Å²) in [6.07, 6.45) is 0. The van der Waals surface area contributed by atoms with E-state index in [2.05, 4.69) is 135 Å². The number of hydrogen-bond donors (Lipinski definition) is 0. The molecule has 11 rings (SSSR count). The number of nitrogens with zero attached hydrogens (tertiary/aromatic N) is 3. The molecule has 5 nitrogen and oxygen atoms in total. The van der Waals surface area contributed by atoms with Crippen molar-refractivity contribution in [2.45, 2.75) is 19.3 Å². The third-order valence-corrected chi connectivity index (χ3v) is 11.2. The molecule has 9 aromatic rings. The minimum Gasteiger partial charge on any atom is -0.449 e. The molecule has 5 heteroatoms. The molecule has 0 saturated heterocycles. The molecule has 1 aliphatic carbocycles. The molecule has 0 spiro atoms. The summed E-state index contributed by atoms with van der Waals surface area (Å²) in [5, 5.41) is 4.79. The molecule has 0 N–H and O–H groups in total. The zero-order valence-corrected chi connectivity index (χ0v) is 30.2. The highest BCUT2D eigenvalue weighted by Gasteiger charge is 2.37. The van der Waals surface area contributed by atoms with Crippen LogP contribution in [-0.4, -0.2) is 15.0 Å². The third kappa shape index (κ3) is 5.04. The second-order valence-corrected chi connectivity index (χ2v) is 14.8. The van der Waals surface area contributed by atoms with Crippen molar-refractivity contribution in [3.05, 3.63) is 175 Å². The number of benzene rings is 8. The smallest absolute Gasteiger partial charge is 0.177 e. The first-order valence-electron chi connectivity index (χ1n) is 18.6. The number of para-hydroxylation sites is 1. The number of rotatable bonds is 4. The topological polar surface area (TPSA) is 57.1 Å². The molecular weight excluding hydrogens is 675 g/mol. The van der Waals surface area contributed by atoms with E-state index in [-0.39, 0.29) is 5.41 Å². The average Bonchev–Trinajstić information content (AvgIpc) is 3.46. The Balaban J connectivity index is 0.960. The SMILES string of the molecule is CC1(C)c2ccccc2-c2cc3c(cc21)Oc1c(cccc1-c1ccc(-c2nc(-c4ccccc4)nc(-c4ccc5c(ccc6ccccc65)c4)n2)cc1)O3. The Morgan fingerprint density at radius 2 is 1.00 bits per heavy atom. The van der Waals surface area contributed by atoms with Gasteiger partial charge < -0.3 is 9.47 Å². The quantitative estimate of drug-likeness (QED) is 0.170. The Labute approximate surface area is 318 Å². The standard InChI is InChI=1S/C50H33N3O2/c1-50(2)41-17-9-8-15-39(41)40-28-44-45(29-42(40)50)55-46-38(16-10-18-43(46)54-44)31-19-22-33(23-20-31)48-51-47(32-12-4-3-5-13-32)52-49(53-48)35-25-26-37-34(27-35)24-21-30-11-6-7-14-36(30)37/h3-29H,1-2H3. The monoisotopic (exact) mass is 707 g/mol. The highest BCUT2D eigenvalue weighted by molar-refractivity contribution is 6.08. The minimum absolute atomic E-state index is 0.140. The normalized spacial score (nSPS) is 13.3. The van der Waals surface area contributed by atoms with Crippen molar-refractivity contribution < 1.29 is 9.47 Å². The van der Waals surface area contributed by atoms with Gasteiger partial charge in [-0.15, -0.1) is 0 Å². The predicted octanol–water partition coefficient (Wildman–Crippen LogP) is 13.1. The van der Waals surface area contributed by atoms with Gasteiger partial charge in [-0.3, -0.25) is 0 Å². The van der Waals surface area contributed by atoms with Gasteiger partial charge in [0.05, 0.1) is 0 Å². The summed E-state index contributed by atoms with van der Waals surface area (Å²) >= 11 is 0. The molecule has 1 aromatic heterocycles. The van der Waals surface area contributed by atoms with Gasteiger partial charge in [-0.25, -0.2) is 15.0 Å². The van der Waals surface area contributed by atoms with E-state index >= 15 is 0 Å². The lowest BCUT2D eigenvalue weighted by Crippen LogP contribution is -2.15. The second kappa shape index (κ2) is 12.0. The lowest BCUT2D eigenvalue weighted by atomic mass is 9.82. The molecule has 2 heterocycles.